The molecule has 0 aromatic heterocycles. The molecular formula is C20H40N4O8Zr. The first-order chi connectivity index (χ1) is 14.9. The molecule has 0 aromatic carbocycles. The Bertz CT molecular complexity index is 408. The van der Waals surface area contributed by atoms with Crippen LogP contribution in [0.4, 0.5) is 19.2 Å². The number of rotatable bonds is 8. The molecule has 0 radical (unpaired) electrons. The molecule has 0 saturated carbocycles. The standard InChI is InChI=1S/4C5H11NO2.Zr/c4*1-3-6(4-2)5(7)8;/h4*3-4H2,1-2H3,(H,7,8);/q;;;;+4/p-4. The number of carboxylic acid groups (broad SMARTS) is 4. The summed E-state index contributed by atoms with van der Waals surface area (Å²) in [5, 5.41) is 39.9. The van der Waals surface area contributed by atoms with Crippen LogP contribution in [0, 0.1) is 0 Å². The molecule has 33 heavy (non-hydrogen) atoms. The topological polar surface area (TPSA) is 173 Å². The summed E-state index contributed by atoms with van der Waals surface area (Å²) in [4.78, 5) is 44.8. The Labute approximate surface area is 217 Å². The van der Waals surface area contributed by atoms with Gasteiger partial charge >= 0.3 is 26.2 Å². The van der Waals surface area contributed by atoms with E-state index in [9.17, 15) is 39.6 Å². The van der Waals surface area contributed by atoms with Crippen molar-refractivity contribution in [2.24, 2.45) is 0 Å². The molecule has 0 spiro atoms. The Morgan fingerprint density at radius 3 is 0.485 bits per heavy atom. The van der Waals surface area contributed by atoms with Crippen molar-refractivity contribution < 1.29 is 65.8 Å². The number of hydrogen-bond acceptors (Lipinski definition) is 8. The number of hydrogen-bond donors (Lipinski definition) is 0. The van der Waals surface area contributed by atoms with Crippen molar-refractivity contribution in [1.29, 1.82) is 0 Å². The van der Waals surface area contributed by atoms with Gasteiger partial charge in [0.05, 0.1) is 0 Å². The van der Waals surface area contributed by atoms with Gasteiger partial charge < -0.3 is 59.2 Å². The summed E-state index contributed by atoms with van der Waals surface area (Å²) >= 11 is 0. The minimum absolute atomic E-state index is 0. The van der Waals surface area contributed by atoms with Crippen LogP contribution in [0.15, 0.2) is 0 Å². The Balaban J connectivity index is -0.000000105. The molecule has 0 bridgehead atoms. The largest absolute Gasteiger partial charge is 4.00 e. The third kappa shape index (κ3) is 26.1. The number of carbonyl (C=O) groups is 4. The van der Waals surface area contributed by atoms with Gasteiger partial charge in [0.15, 0.2) is 0 Å². The van der Waals surface area contributed by atoms with E-state index in [0.717, 1.165) is 0 Å². The second kappa shape index (κ2) is 28.0. The van der Waals surface area contributed by atoms with Gasteiger partial charge in [0.25, 0.3) is 0 Å². The Morgan fingerprint density at radius 2 is 0.485 bits per heavy atom. The molecule has 0 aliphatic rings. The van der Waals surface area contributed by atoms with E-state index < -0.39 is 24.4 Å². The van der Waals surface area contributed by atoms with Crippen LogP contribution in [0.5, 0.6) is 0 Å². The maximum absolute atomic E-state index is 9.98. The molecule has 0 saturated heterocycles. The zero-order chi connectivity index (χ0) is 26.3. The van der Waals surface area contributed by atoms with Gasteiger partial charge in [0.1, 0.15) is 24.4 Å². The summed E-state index contributed by atoms with van der Waals surface area (Å²) in [6.45, 7) is 18.3. The monoisotopic (exact) mass is 554 g/mol. The molecule has 13 heteroatoms. The van der Waals surface area contributed by atoms with Crippen molar-refractivity contribution in [3.05, 3.63) is 0 Å². The summed E-state index contributed by atoms with van der Waals surface area (Å²) in [5.74, 6) is 0. The summed E-state index contributed by atoms with van der Waals surface area (Å²) in [6.07, 6.45) is -4.35. The maximum Gasteiger partial charge on any atom is 4.00 e. The van der Waals surface area contributed by atoms with Crippen molar-refractivity contribution in [1.82, 2.24) is 19.6 Å². The molecule has 0 aliphatic heterocycles. The van der Waals surface area contributed by atoms with E-state index in [1.165, 1.54) is 19.6 Å². The van der Waals surface area contributed by atoms with E-state index in [-0.39, 0.29) is 26.2 Å². The third-order valence-electron chi connectivity index (χ3n) is 4.09. The van der Waals surface area contributed by atoms with E-state index in [1.807, 2.05) is 0 Å². The zero-order valence-electron chi connectivity index (χ0n) is 21.2. The molecule has 0 fully saturated rings. The van der Waals surface area contributed by atoms with Crippen LogP contribution in [0.1, 0.15) is 55.4 Å². The fourth-order valence-corrected chi connectivity index (χ4v) is 1.93. The zero-order valence-corrected chi connectivity index (χ0v) is 23.7. The molecule has 0 heterocycles. The van der Waals surface area contributed by atoms with Gasteiger partial charge in [-0.3, -0.25) is 0 Å². The van der Waals surface area contributed by atoms with Gasteiger partial charge in [-0.2, -0.15) is 0 Å². The van der Waals surface area contributed by atoms with Gasteiger partial charge in [0, 0.05) is 52.4 Å². The third-order valence-corrected chi connectivity index (χ3v) is 4.09. The molecule has 0 aromatic rings. The Kier molecular flexibility index (Phi) is 35.0. The summed E-state index contributed by atoms with van der Waals surface area (Å²) in [6, 6.07) is 0. The summed E-state index contributed by atoms with van der Waals surface area (Å²) < 4.78 is 0. The van der Waals surface area contributed by atoms with Crippen LogP contribution in [0.25, 0.3) is 0 Å². The first-order valence-electron chi connectivity index (χ1n) is 10.7. The molecule has 0 aliphatic carbocycles. The Hall–Kier alpha value is -2.04. The second-order valence-electron chi connectivity index (χ2n) is 5.75. The van der Waals surface area contributed by atoms with Crippen molar-refractivity contribution in [3.63, 3.8) is 0 Å². The van der Waals surface area contributed by atoms with Crippen LogP contribution in [-0.4, -0.2) is 96.3 Å². The van der Waals surface area contributed by atoms with Gasteiger partial charge in [-0.25, -0.2) is 0 Å². The summed E-state index contributed by atoms with van der Waals surface area (Å²) in [5.41, 5.74) is 0. The van der Waals surface area contributed by atoms with Gasteiger partial charge in [0.2, 0.25) is 0 Å². The molecule has 0 N–H and O–H groups in total. The maximum atomic E-state index is 9.98. The van der Waals surface area contributed by atoms with Crippen molar-refractivity contribution >= 4 is 24.4 Å². The van der Waals surface area contributed by atoms with E-state index in [1.54, 1.807) is 55.4 Å². The second-order valence-corrected chi connectivity index (χ2v) is 5.75. The van der Waals surface area contributed by atoms with Gasteiger partial charge in [-0.1, -0.05) is 0 Å². The van der Waals surface area contributed by atoms with Crippen LogP contribution in [0.3, 0.4) is 0 Å². The van der Waals surface area contributed by atoms with Crippen LogP contribution < -0.4 is 20.4 Å². The number of amides is 4. The molecular weight excluding hydrogens is 515 g/mol. The average molecular weight is 556 g/mol. The van der Waals surface area contributed by atoms with Crippen LogP contribution in [-0.2, 0) is 26.2 Å². The van der Waals surface area contributed by atoms with Crippen molar-refractivity contribution in [2.45, 2.75) is 55.4 Å². The normalized spacial score (nSPS) is 8.48. The Morgan fingerprint density at radius 1 is 0.394 bits per heavy atom. The first-order valence-corrected chi connectivity index (χ1v) is 10.7. The first kappa shape index (κ1) is 41.2. The number of nitrogens with zero attached hydrogens (tertiary/aromatic N) is 4. The van der Waals surface area contributed by atoms with E-state index >= 15 is 0 Å². The minimum Gasteiger partial charge on any atom is -0.530 e. The predicted octanol–water partition coefficient (Wildman–Crippen LogP) is -1.32. The SMILES string of the molecule is CCN(CC)C(=O)[O-].CCN(CC)C(=O)[O-].CCN(CC)C(=O)[O-].CCN(CC)C(=O)[O-].[Zr+4]. The average Bonchev–Trinajstić information content (AvgIpc) is 2.72. The van der Waals surface area contributed by atoms with Crippen molar-refractivity contribution in [3.8, 4) is 0 Å². The molecule has 192 valence electrons. The van der Waals surface area contributed by atoms with Crippen LogP contribution in [0.2, 0.25) is 0 Å². The molecule has 12 nitrogen and oxygen atoms in total. The van der Waals surface area contributed by atoms with Gasteiger partial charge in [-0.05, 0) is 55.4 Å². The molecule has 4 amide bonds. The quantitative estimate of drug-likeness (QED) is 0.355. The van der Waals surface area contributed by atoms with E-state index in [0.29, 0.717) is 52.4 Å². The van der Waals surface area contributed by atoms with Gasteiger partial charge in [-0.15, -0.1) is 0 Å². The fourth-order valence-electron chi connectivity index (χ4n) is 1.93. The molecule has 0 rings (SSSR count). The fraction of sp³-hybridized carbons (Fsp3) is 0.800. The predicted molar refractivity (Wildman–Crippen MR) is 113 cm³/mol. The summed E-state index contributed by atoms with van der Waals surface area (Å²) in [7, 11) is 0. The van der Waals surface area contributed by atoms with Crippen molar-refractivity contribution in [2.75, 3.05) is 52.4 Å². The number of carbonyl (C=O) groups excluding carboxylic acids is 4. The minimum atomic E-state index is -1.09. The van der Waals surface area contributed by atoms with Crippen LogP contribution >= 0.6 is 0 Å². The van der Waals surface area contributed by atoms with E-state index in [4.69, 9.17) is 0 Å². The molecule has 0 atom stereocenters. The smallest absolute Gasteiger partial charge is 0.530 e. The van der Waals surface area contributed by atoms with E-state index in [2.05, 4.69) is 0 Å². The molecule has 0 unspecified atom stereocenters.